The van der Waals surface area contributed by atoms with Crippen LogP contribution in [0.1, 0.15) is 38.5 Å². The molecule has 142 valence electrons. The fourth-order valence-electron chi connectivity index (χ4n) is 2.94. The summed E-state index contributed by atoms with van der Waals surface area (Å²) in [4.78, 5) is 0.0843. The Hall–Kier alpha value is -1.00. The molecule has 0 spiro atoms. The molecule has 25 heavy (non-hydrogen) atoms. The Labute approximate surface area is 150 Å². The Morgan fingerprint density at radius 2 is 1.36 bits per heavy atom. The van der Waals surface area contributed by atoms with E-state index < -0.39 is 20.0 Å². The van der Waals surface area contributed by atoms with Crippen LogP contribution in [0.2, 0.25) is 0 Å². The lowest BCUT2D eigenvalue weighted by Gasteiger charge is -2.16. The van der Waals surface area contributed by atoms with Gasteiger partial charge in [0.2, 0.25) is 20.0 Å². The molecule has 1 saturated carbocycles. The lowest BCUT2D eigenvalue weighted by Crippen LogP contribution is -2.36. The molecular weight excluding hydrogens is 362 g/mol. The molecule has 2 rings (SSSR count). The highest BCUT2D eigenvalue weighted by Crippen LogP contribution is 2.17. The van der Waals surface area contributed by atoms with E-state index in [0.29, 0.717) is 19.1 Å². The van der Waals surface area contributed by atoms with Crippen molar-refractivity contribution < 1.29 is 16.8 Å². The van der Waals surface area contributed by atoms with Gasteiger partial charge in [-0.25, -0.2) is 26.3 Å². The Morgan fingerprint density at radius 3 is 1.88 bits per heavy atom. The maximum Gasteiger partial charge on any atom is 0.240 e. The molecule has 0 heterocycles. The zero-order valence-corrected chi connectivity index (χ0v) is 16.1. The van der Waals surface area contributed by atoms with Gasteiger partial charge in [0.05, 0.1) is 9.79 Å². The van der Waals surface area contributed by atoms with E-state index in [0.717, 1.165) is 12.8 Å². The Morgan fingerprint density at radius 1 is 0.840 bits per heavy atom. The Bertz CT molecular complexity index is 738. The summed E-state index contributed by atoms with van der Waals surface area (Å²) in [6, 6.07) is 5.63. The van der Waals surface area contributed by atoms with Crippen LogP contribution in [-0.2, 0) is 20.0 Å². The summed E-state index contributed by atoms with van der Waals surface area (Å²) in [6.07, 6.45) is 7.31. The zero-order chi connectivity index (χ0) is 18.3. The number of hydrogen-bond acceptors (Lipinski definition) is 5. The fraction of sp³-hybridized carbons (Fsp3) is 0.625. The smallest absolute Gasteiger partial charge is 0.240 e. The van der Waals surface area contributed by atoms with Gasteiger partial charge in [-0.15, -0.1) is 0 Å². The van der Waals surface area contributed by atoms with E-state index in [4.69, 9.17) is 0 Å². The first-order valence-corrected chi connectivity index (χ1v) is 11.6. The summed E-state index contributed by atoms with van der Waals surface area (Å²) in [6.45, 7) is 0.880. The Balaban J connectivity index is 1.86. The largest absolute Gasteiger partial charge is 0.313 e. The molecule has 0 bridgehead atoms. The molecule has 0 atom stereocenters. The highest BCUT2D eigenvalue weighted by atomic mass is 32.2. The molecule has 1 aromatic rings. The van der Waals surface area contributed by atoms with Crippen molar-refractivity contribution in [1.82, 2.24) is 14.8 Å². The minimum Gasteiger partial charge on any atom is -0.313 e. The standard InChI is InChI=1S/C16H27N3O4S2/c1-17-24(20,21)15-8-10-16(11-9-15)25(22,23)19-13-12-18-14-6-4-2-3-5-7-14/h8-11,14,17-19H,2-7,12-13H2,1H3. The van der Waals surface area contributed by atoms with Gasteiger partial charge >= 0.3 is 0 Å². The van der Waals surface area contributed by atoms with Crippen molar-refractivity contribution in [2.75, 3.05) is 20.1 Å². The second-order valence-electron chi connectivity index (χ2n) is 6.22. The van der Waals surface area contributed by atoms with E-state index in [1.807, 2.05) is 0 Å². The van der Waals surface area contributed by atoms with Crippen LogP contribution in [0.25, 0.3) is 0 Å². The van der Waals surface area contributed by atoms with Crippen LogP contribution in [0.3, 0.4) is 0 Å². The SMILES string of the molecule is CNS(=O)(=O)c1ccc(S(=O)(=O)NCCNC2CCCCCC2)cc1. The summed E-state index contributed by atoms with van der Waals surface area (Å²) >= 11 is 0. The third-order valence-corrected chi connectivity index (χ3v) is 7.33. The summed E-state index contributed by atoms with van der Waals surface area (Å²) in [5.41, 5.74) is 0. The summed E-state index contributed by atoms with van der Waals surface area (Å²) in [5, 5.41) is 3.41. The molecule has 1 fully saturated rings. The number of nitrogens with one attached hydrogen (secondary N) is 3. The molecule has 1 aromatic carbocycles. The molecule has 3 N–H and O–H groups in total. The quantitative estimate of drug-likeness (QED) is 0.458. The lowest BCUT2D eigenvalue weighted by molar-refractivity contribution is 0.461. The molecule has 7 nitrogen and oxygen atoms in total. The highest BCUT2D eigenvalue weighted by molar-refractivity contribution is 7.90. The van der Waals surface area contributed by atoms with Gasteiger partial charge in [-0.3, -0.25) is 0 Å². The normalized spacial score (nSPS) is 17.3. The number of benzene rings is 1. The molecule has 1 aliphatic rings. The van der Waals surface area contributed by atoms with Crippen LogP contribution in [0.4, 0.5) is 0 Å². The van der Waals surface area contributed by atoms with Gasteiger partial charge in [-0.05, 0) is 44.2 Å². The molecule has 0 saturated heterocycles. The van der Waals surface area contributed by atoms with Gasteiger partial charge in [0.1, 0.15) is 0 Å². The molecule has 9 heteroatoms. The van der Waals surface area contributed by atoms with E-state index in [1.54, 1.807) is 0 Å². The minimum absolute atomic E-state index is 0.0315. The molecule has 0 amide bonds. The lowest BCUT2D eigenvalue weighted by atomic mass is 10.1. The predicted molar refractivity (Wildman–Crippen MR) is 97.4 cm³/mol. The van der Waals surface area contributed by atoms with E-state index in [9.17, 15) is 16.8 Å². The van der Waals surface area contributed by atoms with Crippen molar-refractivity contribution in [3.63, 3.8) is 0 Å². The monoisotopic (exact) mass is 389 g/mol. The van der Waals surface area contributed by atoms with Crippen LogP contribution in [0, 0.1) is 0 Å². The first-order valence-electron chi connectivity index (χ1n) is 8.62. The topological polar surface area (TPSA) is 104 Å². The molecular formula is C16H27N3O4S2. The molecule has 0 aromatic heterocycles. The van der Waals surface area contributed by atoms with Gasteiger partial charge in [-0.2, -0.15) is 0 Å². The third kappa shape index (κ3) is 6.03. The van der Waals surface area contributed by atoms with Crippen molar-refractivity contribution >= 4 is 20.0 Å². The fourth-order valence-corrected chi connectivity index (χ4v) is 4.71. The van der Waals surface area contributed by atoms with Crippen molar-refractivity contribution in [3.8, 4) is 0 Å². The van der Waals surface area contributed by atoms with Crippen LogP contribution in [-0.4, -0.2) is 43.0 Å². The van der Waals surface area contributed by atoms with E-state index >= 15 is 0 Å². The number of rotatable bonds is 8. The van der Waals surface area contributed by atoms with E-state index in [-0.39, 0.29) is 9.79 Å². The van der Waals surface area contributed by atoms with Crippen molar-refractivity contribution in [2.24, 2.45) is 0 Å². The van der Waals surface area contributed by atoms with Crippen molar-refractivity contribution in [3.05, 3.63) is 24.3 Å². The zero-order valence-electron chi connectivity index (χ0n) is 14.5. The minimum atomic E-state index is -3.64. The summed E-state index contributed by atoms with van der Waals surface area (Å²) < 4.78 is 52.6. The number of sulfonamides is 2. The van der Waals surface area contributed by atoms with Crippen molar-refractivity contribution in [1.29, 1.82) is 0 Å². The Kier molecular flexibility index (Phi) is 7.38. The first kappa shape index (κ1) is 20.3. The highest BCUT2D eigenvalue weighted by Gasteiger charge is 2.17. The first-order chi connectivity index (χ1) is 11.8. The van der Waals surface area contributed by atoms with Gasteiger partial charge < -0.3 is 5.32 Å². The molecule has 0 aliphatic heterocycles. The van der Waals surface area contributed by atoms with Crippen LogP contribution < -0.4 is 14.8 Å². The predicted octanol–water partition coefficient (Wildman–Crippen LogP) is 1.19. The van der Waals surface area contributed by atoms with Gasteiger partial charge in [-0.1, -0.05) is 25.7 Å². The summed E-state index contributed by atoms with van der Waals surface area (Å²) in [5.74, 6) is 0. The third-order valence-electron chi connectivity index (χ3n) is 4.42. The van der Waals surface area contributed by atoms with Crippen LogP contribution >= 0.6 is 0 Å². The molecule has 0 unspecified atom stereocenters. The number of hydrogen-bond donors (Lipinski definition) is 3. The van der Waals surface area contributed by atoms with Gasteiger partial charge in [0.15, 0.2) is 0 Å². The van der Waals surface area contributed by atoms with E-state index in [2.05, 4.69) is 14.8 Å². The van der Waals surface area contributed by atoms with Crippen LogP contribution in [0.15, 0.2) is 34.1 Å². The second-order valence-corrected chi connectivity index (χ2v) is 9.87. The maximum absolute atomic E-state index is 12.3. The maximum atomic E-state index is 12.3. The van der Waals surface area contributed by atoms with Gasteiger partial charge in [0, 0.05) is 19.1 Å². The second kappa shape index (κ2) is 9.09. The average Bonchev–Trinajstić information content (AvgIpc) is 2.88. The molecule has 1 aliphatic carbocycles. The van der Waals surface area contributed by atoms with Crippen LogP contribution in [0.5, 0.6) is 0 Å². The average molecular weight is 390 g/mol. The molecule has 0 radical (unpaired) electrons. The summed E-state index contributed by atoms with van der Waals surface area (Å²) in [7, 11) is -5.91. The van der Waals surface area contributed by atoms with Gasteiger partial charge in [0.25, 0.3) is 0 Å². The van der Waals surface area contributed by atoms with Crippen molar-refractivity contribution in [2.45, 2.75) is 54.4 Å². The van der Waals surface area contributed by atoms with E-state index in [1.165, 1.54) is 57.0 Å².